The van der Waals surface area contributed by atoms with Gasteiger partial charge in [0.25, 0.3) is 0 Å². The van der Waals surface area contributed by atoms with Gasteiger partial charge in [0.05, 0.1) is 6.61 Å². The molecule has 0 heterocycles. The predicted octanol–water partition coefficient (Wildman–Crippen LogP) is 2.25. The van der Waals surface area contributed by atoms with Gasteiger partial charge in [0, 0.05) is 12.1 Å². The van der Waals surface area contributed by atoms with Crippen molar-refractivity contribution in [2.45, 2.75) is 57.4 Å². The highest BCUT2D eigenvalue weighted by atomic mass is 16.3. The molecule has 112 valence electrons. The number of nitrogens with one attached hydrogen (secondary N) is 1. The largest absolute Gasteiger partial charge is 0.394 e. The Bertz CT molecular complexity index is 261. The lowest BCUT2D eigenvalue weighted by molar-refractivity contribution is 0.117. The molecule has 3 nitrogen and oxygen atoms in total. The summed E-state index contributed by atoms with van der Waals surface area (Å²) in [6, 6.07) is 0. The Morgan fingerprint density at radius 3 is 2.63 bits per heavy atom. The zero-order valence-electron chi connectivity index (χ0n) is 12.8. The topological polar surface area (TPSA) is 35.5 Å². The molecule has 0 saturated heterocycles. The minimum atomic E-state index is 0.0114. The summed E-state index contributed by atoms with van der Waals surface area (Å²) in [5.41, 5.74) is 0.0114. The van der Waals surface area contributed by atoms with Crippen LogP contribution in [0.3, 0.4) is 0 Å². The first-order chi connectivity index (χ1) is 9.24. The Morgan fingerprint density at radius 1 is 1.26 bits per heavy atom. The van der Waals surface area contributed by atoms with E-state index in [4.69, 9.17) is 0 Å². The van der Waals surface area contributed by atoms with E-state index in [0.717, 1.165) is 12.3 Å². The molecule has 19 heavy (non-hydrogen) atoms. The first kappa shape index (κ1) is 15.3. The summed E-state index contributed by atoms with van der Waals surface area (Å²) in [5.74, 6) is 1.64. The first-order valence-corrected chi connectivity index (χ1v) is 8.26. The summed E-state index contributed by atoms with van der Waals surface area (Å²) < 4.78 is 0. The van der Waals surface area contributed by atoms with Gasteiger partial charge in [0.2, 0.25) is 0 Å². The minimum absolute atomic E-state index is 0.0114. The van der Waals surface area contributed by atoms with Crippen LogP contribution in [0.1, 0.15) is 51.9 Å². The van der Waals surface area contributed by atoms with E-state index in [1.807, 2.05) is 7.05 Å². The molecular formula is C16H32N2O. The maximum absolute atomic E-state index is 9.73. The summed E-state index contributed by atoms with van der Waals surface area (Å²) in [7, 11) is 2.02. The first-order valence-electron chi connectivity index (χ1n) is 8.26. The van der Waals surface area contributed by atoms with Gasteiger partial charge in [-0.15, -0.1) is 0 Å². The molecule has 3 heteroatoms. The van der Waals surface area contributed by atoms with Crippen molar-refractivity contribution in [3.63, 3.8) is 0 Å². The van der Waals surface area contributed by atoms with Crippen LogP contribution in [0.25, 0.3) is 0 Å². The number of nitrogens with zero attached hydrogens (tertiary/aromatic N) is 1. The smallest absolute Gasteiger partial charge is 0.0615 e. The van der Waals surface area contributed by atoms with Gasteiger partial charge in [-0.25, -0.2) is 0 Å². The van der Waals surface area contributed by atoms with E-state index in [9.17, 15) is 5.11 Å². The number of hydrogen-bond acceptors (Lipinski definition) is 3. The normalized spacial score (nSPS) is 31.3. The SMILES string of the molecule is CCCN(CCC1CCCC1(CO)NC)CC1CC1. The van der Waals surface area contributed by atoms with Crippen molar-refractivity contribution < 1.29 is 5.11 Å². The summed E-state index contributed by atoms with van der Waals surface area (Å²) in [6.07, 6.45) is 9.08. The molecule has 0 radical (unpaired) electrons. The molecule has 0 aromatic rings. The predicted molar refractivity (Wildman–Crippen MR) is 80.3 cm³/mol. The summed E-state index contributed by atoms with van der Waals surface area (Å²) in [6.45, 7) is 6.35. The van der Waals surface area contributed by atoms with E-state index < -0.39 is 0 Å². The molecule has 0 aliphatic heterocycles. The lowest BCUT2D eigenvalue weighted by atomic mass is 9.85. The lowest BCUT2D eigenvalue weighted by Crippen LogP contribution is -2.50. The van der Waals surface area contributed by atoms with Crippen LogP contribution in [0.2, 0.25) is 0 Å². The van der Waals surface area contributed by atoms with Crippen LogP contribution >= 0.6 is 0 Å². The van der Waals surface area contributed by atoms with Crippen molar-refractivity contribution in [2.24, 2.45) is 11.8 Å². The fourth-order valence-electron chi connectivity index (χ4n) is 3.80. The Hall–Kier alpha value is -0.120. The monoisotopic (exact) mass is 268 g/mol. The van der Waals surface area contributed by atoms with Gasteiger partial charge in [0.1, 0.15) is 0 Å². The third-order valence-electron chi connectivity index (χ3n) is 5.28. The second-order valence-electron chi connectivity index (χ2n) is 6.69. The molecule has 0 amide bonds. The molecule has 2 saturated carbocycles. The Labute approximate surface area is 118 Å². The molecule has 2 unspecified atom stereocenters. The number of aliphatic hydroxyl groups is 1. The molecular weight excluding hydrogens is 236 g/mol. The quantitative estimate of drug-likeness (QED) is 0.673. The number of likely N-dealkylation sites (N-methyl/N-ethyl adjacent to an activating group) is 1. The maximum atomic E-state index is 9.73. The van der Waals surface area contributed by atoms with E-state index in [2.05, 4.69) is 17.1 Å². The summed E-state index contributed by atoms with van der Waals surface area (Å²) in [4.78, 5) is 2.66. The second kappa shape index (κ2) is 7.05. The summed E-state index contributed by atoms with van der Waals surface area (Å²) >= 11 is 0. The van der Waals surface area contributed by atoms with Gasteiger partial charge in [-0.1, -0.05) is 13.3 Å². The molecule has 0 aromatic heterocycles. The second-order valence-corrected chi connectivity index (χ2v) is 6.69. The van der Waals surface area contributed by atoms with Crippen LogP contribution in [-0.2, 0) is 0 Å². The van der Waals surface area contributed by atoms with Crippen molar-refractivity contribution in [3.8, 4) is 0 Å². The van der Waals surface area contributed by atoms with Crippen LogP contribution in [0.15, 0.2) is 0 Å². The van der Waals surface area contributed by atoms with Gasteiger partial charge in [0.15, 0.2) is 0 Å². The van der Waals surface area contributed by atoms with Crippen molar-refractivity contribution in [3.05, 3.63) is 0 Å². The number of hydrogen-bond donors (Lipinski definition) is 2. The van der Waals surface area contributed by atoms with E-state index in [1.54, 1.807) is 0 Å². The van der Waals surface area contributed by atoms with Crippen LogP contribution in [0.5, 0.6) is 0 Å². The van der Waals surface area contributed by atoms with Gasteiger partial charge < -0.3 is 15.3 Å². The highest BCUT2D eigenvalue weighted by Crippen LogP contribution is 2.38. The maximum Gasteiger partial charge on any atom is 0.0615 e. The number of rotatable bonds is 9. The molecule has 2 N–H and O–H groups in total. The van der Waals surface area contributed by atoms with E-state index in [1.165, 1.54) is 58.2 Å². The zero-order valence-corrected chi connectivity index (χ0v) is 12.8. The van der Waals surface area contributed by atoms with Gasteiger partial charge in [-0.05, 0) is 70.5 Å². The van der Waals surface area contributed by atoms with Crippen LogP contribution in [0.4, 0.5) is 0 Å². The molecule has 0 aromatic carbocycles. The Kier molecular flexibility index (Phi) is 5.67. The van der Waals surface area contributed by atoms with Crippen LogP contribution in [-0.4, -0.2) is 48.8 Å². The van der Waals surface area contributed by atoms with Crippen LogP contribution in [0, 0.1) is 11.8 Å². The minimum Gasteiger partial charge on any atom is -0.394 e. The number of aliphatic hydroxyl groups excluding tert-OH is 1. The average molecular weight is 268 g/mol. The summed E-state index contributed by atoms with van der Waals surface area (Å²) in [5, 5.41) is 13.2. The van der Waals surface area contributed by atoms with Crippen molar-refractivity contribution in [1.29, 1.82) is 0 Å². The molecule has 2 atom stereocenters. The van der Waals surface area contributed by atoms with Crippen molar-refractivity contribution in [2.75, 3.05) is 33.3 Å². The van der Waals surface area contributed by atoms with Crippen molar-refractivity contribution >= 4 is 0 Å². The third kappa shape index (κ3) is 3.93. The molecule has 2 aliphatic carbocycles. The van der Waals surface area contributed by atoms with E-state index in [0.29, 0.717) is 12.5 Å². The molecule has 0 bridgehead atoms. The molecule has 2 fully saturated rings. The zero-order chi connectivity index (χ0) is 13.7. The highest BCUT2D eigenvalue weighted by molar-refractivity contribution is 4.98. The Morgan fingerprint density at radius 2 is 2.05 bits per heavy atom. The fourth-order valence-corrected chi connectivity index (χ4v) is 3.80. The highest BCUT2D eigenvalue weighted by Gasteiger charge is 2.40. The standard InChI is InChI=1S/C16H32N2O/c1-3-10-18(12-14-6-7-14)11-8-15-5-4-9-16(15,13-19)17-2/h14-15,17,19H,3-13H2,1-2H3. The Balaban J connectivity index is 1.81. The lowest BCUT2D eigenvalue weighted by Gasteiger charge is -2.35. The van der Waals surface area contributed by atoms with Crippen LogP contribution < -0.4 is 5.32 Å². The third-order valence-corrected chi connectivity index (χ3v) is 5.28. The van der Waals surface area contributed by atoms with Gasteiger partial charge in [-0.3, -0.25) is 0 Å². The fraction of sp³-hybridized carbons (Fsp3) is 1.00. The average Bonchev–Trinajstić information content (AvgIpc) is 3.14. The molecule has 0 spiro atoms. The van der Waals surface area contributed by atoms with Gasteiger partial charge >= 0.3 is 0 Å². The van der Waals surface area contributed by atoms with E-state index in [-0.39, 0.29) is 5.54 Å². The van der Waals surface area contributed by atoms with E-state index >= 15 is 0 Å². The molecule has 2 rings (SSSR count). The van der Waals surface area contributed by atoms with Crippen molar-refractivity contribution in [1.82, 2.24) is 10.2 Å². The molecule has 2 aliphatic rings. The van der Waals surface area contributed by atoms with Gasteiger partial charge in [-0.2, -0.15) is 0 Å².